The summed E-state index contributed by atoms with van der Waals surface area (Å²) in [7, 11) is 0. The molecule has 5 nitrogen and oxygen atoms in total. The van der Waals surface area contributed by atoms with Gasteiger partial charge in [-0.3, -0.25) is 4.98 Å². The van der Waals surface area contributed by atoms with E-state index in [2.05, 4.69) is 20.9 Å². The molecule has 0 saturated carbocycles. The minimum absolute atomic E-state index is 0.389. The summed E-state index contributed by atoms with van der Waals surface area (Å²) in [4.78, 5) is 11.0. The van der Waals surface area contributed by atoms with Gasteiger partial charge in [-0.05, 0) is 5.56 Å². The molecule has 106 valence electrons. The molecule has 1 saturated heterocycles. The third kappa shape index (κ3) is 3.01. The van der Waals surface area contributed by atoms with Crippen LogP contribution in [0.5, 0.6) is 0 Å². The van der Waals surface area contributed by atoms with Crippen molar-refractivity contribution in [2.24, 2.45) is 0 Å². The van der Waals surface area contributed by atoms with Gasteiger partial charge in [0.25, 0.3) is 0 Å². The molecule has 1 aliphatic rings. The van der Waals surface area contributed by atoms with E-state index in [0.717, 1.165) is 24.5 Å². The van der Waals surface area contributed by atoms with E-state index in [-0.39, 0.29) is 5.92 Å². The zero-order valence-corrected chi connectivity index (χ0v) is 11.6. The molecule has 3 rings (SSSR count). The quantitative estimate of drug-likeness (QED) is 0.860. The number of morpholine rings is 1. The van der Waals surface area contributed by atoms with Crippen LogP contribution in [0.25, 0.3) is 0 Å². The summed E-state index contributed by atoms with van der Waals surface area (Å²) >= 11 is 0. The van der Waals surface area contributed by atoms with Crippen LogP contribution in [-0.4, -0.2) is 36.3 Å². The first-order valence-electron chi connectivity index (χ1n) is 6.97. The summed E-state index contributed by atoms with van der Waals surface area (Å²) in [5.74, 6) is 0.423. The molecule has 1 atom stereocenters. The highest BCUT2D eigenvalue weighted by Crippen LogP contribution is 2.23. The number of anilines is 1. The first-order valence-corrected chi connectivity index (χ1v) is 6.97. The molecule has 1 unspecified atom stereocenters. The van der Waals surface area contributed by atoms with E-state index in [1.54, 1.807) is 12.4 Å². The van der Waals surface area contributed by atoms with Crippen LogP contribution in [0, 0.1) is 11.3 Å². The van der Waals surface area contributed by atoms with E-state index in [1.165, 1.54) is 0 Å². The predicted molar refractivity (Wildman–Crippen MR) is 79.0 cm³/mol. The van der Waals surface area contributed by atoms with Crippen LogP contribution >= 0.6 is 0 Å². The SMILES string of the molecule is N#CC(c1ccccc1)c1cncc(N2CCOCC2)n1. The normalized spacial score (nSPS) is 16.2. The average molecular weight is 280 g/mol. The number of hydrogen-bond acceptors (Lipinski definition) is 5. The Labute approximate surface area is 123 Å². The van der Waals surface area contributed by atoms with Crippen molar-refractivity contribution in [3.63, 3.8) is 0 Å². The second-order valence-electron chi connectivity index (χ2n) is 4.87. The fourth-order valence-corrected chi connectivity index (χ4v) is 2.41. The molecule has 0 N–H and O–H groups in total. The van der Waals surface area contributed by atoms with E-state index in [4.69, 9.17) is 4.74 Å². The molecule has 0 spiro atoms. The van der Waals surface area contributed by atoms with Crippen LogP contribution in [0.15, 0.2) is 42.7 Å². The van der Waals surface area contributed by atoms with Gasteiger partial charge in [-0.2, -0.15) is 5.26 Å². The number of nitrogens with zero attached hydrogens (tertiary/aromatic N) is 4. The fraction of sp³-hybridized carbons (Fsp3) is 0.312. The van der Waals surface area contributed by atoms with Gasteiger partial charge in [0.15, 0.2) is 0 Å². The summed E-state index contributed by atoms with van der Waals surface area (Å²) in [6.45, 7) is 3.01. The Morgan fingerprint density at radius 2 is 1.90 bits per heavy atom. The lowest BCUT2D eigenvalue weighted by atomic mass is 9.98. The fourth-order valence-electron chi connectivity index (χ4n) is 2.41. The van der Waals surface area contributed by atoms with Crippen LogP contribution in [0.2, 0.25) is 0 Å². The van der Waals surface area contributed by atoms with Crippen molar-refractivity contribution in [1.82, 2.24) is 9.97 Å². The number of ether oxygens (including phenoxy) is 1. The lowest BCUT2D eigenvalue weighted by Gasteiger charge is -2.27. The zero-order chi connectivity index (χ0) is 14.5. The Hall–Kier alpha value is -2.45. The van der Waals surface area contributed by atoms with Crippen molar-refractivity contribution in [2.75, 3.05) is 31.2 Å². The van der Waals surface area contributed by atoms with Gasteiger partial charge in [0.05, 0.1) is 37.4 Å². The highest BCUT2D eigenvalue weighted by molar-refractivity contribution is 5.41. The molecule has 0 bridgehead atoms. The summed E-state index contributed by atoms with van der Waals surface area (Å²) in [6.07, 6.45) is 3.42. The molecular weight excluding hydrogens is 264 g/mol. The molecule has 1 fully saturated rings. The number of nitriles is 1. The van der Waals surface area contributed by atoms with Gasteiger partial charge in [-0.15, -0.1) is 0 Å². The summed E-state index contributed by atoms with van der Waals surface area (Å²) in [5, 5.41) is 9.48. The van der Waals surface area contributed by atoms with Crippen molar-refractivity contribution in [3.05, 3.63) is 54.0 Å². The molecule has 1 aliphatic heterocycles. The predicted octanol–water partition coefficient (Wildman–Crippen LogP) is 1.97. The lowest BCUT2D eigenvalue weighted by molar-refractivity contribution is 0.122. The maximum absolute atomic E-state index is 9.48. The van der Waals surface area contributed by atoms with Crippen molar-refractivity contribution in [1.29, 1.82) is 5.26 Å². The number of benzene rings is 1. The highest BCUT2D eigenvalue weighted by atomic mass is 16.5. The maximum atomic E-state index is 9.48. The van der Waals surface area contributed by atoms with Crippen LogP contribution in [0.1, 0.15) is 17.2 Å². The van der Waals surface area contributed by atoms with Gasteiger partial charge >= 0.3 is 0 Å². The Bertz CT molecular complexity index is 632. The summed E-state index contributed by atoms with van der Waals surface area (Å²) < 4.78 is 5.35. The highest BCUT2D eigenvalue weighted by Gasteiger charge is 2.18. The van der Waals surface area contributed by atoms with Gasteiger partial charge in [-0.25, -0.2) is 4.98 Å². The smallest absolute Gasteiger partial charge is 0.147 e. The first-order chi connectivity index (χ1) is 10.4. The standard InChI is InChI=1S/C16H16N4O/c17-10-14(13-4-2-1-3-5-13)15-11-18-12-16(19-15)20-6-8-21-9-7-20/h1-5,11-12,14H,6-9H2. The second-order valence-corrected chi connectivity index (χ2v) is 4.87. The minimum Gasteiger partial charge on any atom is -0.378 e. The molecular formula is C16H16N4O. The number of rotatable bonds is 3. The average Bonchev–Trinajstić information content (AvgIpc) is 2.58. The van der Waals surface area contributed by atoms with E-state index in [0.29, 0.717) is 18.9 Å². The minimum atomic E-state index is -0.389. The number of aromatic nitrogens is 2. The van der Waals surface area contributed by atoms with Crippen molar-refractivity contribution >= 4 is 5.82 Å². The third-order valence-corrected chi connectivity index (χ3v) is 3.53. The molecule has 2 aromatic rings. The molecule has 1 aromatic heterocycles. The molecule has 0 aliphatic carbocycles. The monoisotopic (exact) mass is 280 g/mol. The van der Waals surface area contributed by atoms with Crippen LogP contribution in [0.3, 0.4) is 0 Å². The molecule has 2 heterocycles. The van der Waals surface area contributed by atoms with Crippen LogP contribution < -0.4 is 4.90 Å². The van der Waals surface area contributed by atoms with Crippen molar-refractivity contribution < 1.29 is 4.74 Å². The van der Waals surface area contributed by atoms with Gasteiger partial charge in [-0.1, -0.05) is 30.3 Å². The van der Waals surface area contributed by atoms with E-state index < -0.39 is 0 Å². The molecule has 1 aromatic carbocycles. The van der Waals surface area contributed by atoms with Crippen LogP contribution in [0.4, 0.5) is 5.82 Å². The van der Waals surface area contributed by atoms with E-state index >= 15 is 0 Å². The zero-order valence-electron chi connectivity index (χ0n) is 11.6. The Morgan fingerprint density at radius 1 is 1.14 bits per heavy atom. The number of hydrogen-bond donors (Lipinski definition) is 0. The molecule has 21 heavy (non-hydrogen) atoms. The van der Waals surface area contributed by atoms with Gasteiger partial charge in [0.1, 0.15) is 11.7 Å². The first kappa shape index (κ1) is 13.5. The third-order valence-electron chi connectivity index (χ3n) is 3.53. The Kier molecular flexibility index (Phi) is 4.08. The van der Waals surface area contributed by atoms with Crippen molar-refractivity contribution in [2.45, 2.75) is 5.92 Å². The van der Waals surface area contributed by atoms with Gasteiger partial charge in [0, 0.05) is 13.1 Å². The Morgan fingerprint density at radius 3 is 2.62 bits per heavy atom. The van der Waals surface area contributed by atoms with Crippen molar-refractivity contribution in [3.8, 4) is 6.07 Å². The maximum Gasteiger partial charge on any atom is 0.147 e. The molecule has 0 amide bonds. The second kappa shape index (κ2) is 6.33. The summed E-state index contributed by atoms with van der Waals surface area (Å²) in [5.41, 5.74) is 1.63. The largest absolute Gasteiger partial charge is 0.378 e. The van der Waals surface area contributed by atoms with Gasteiger partial charge < -0.3 is 9.64 Å². The van der Waals surface area contributed by atoms with Gasteiger partial charge in [0.2, 0.25) is 0 Å². The van der Waals surface area contributed by atoms with E-state index in [1.807, 2.05) is 30.3 Å². The lowest BCUT2D eigenvalue weighted by Crippen LogP contribution is -2.37. The molecule has 5 heteroatoms. The van der Waals surface area contributed by atoms with E-state index in [9.17, 15) is 5.26 Å². The summed E-state index contributed by atoms with van der Waals surface area (Å²) in [6, 6.07) is 12.0. The molecule has 0 radical (unpaired) electrons. The topological polar surface area (TPSA) is 62.0 Å². The van der Waals surface area contributed by atoms with Crippen LogP contribution in [-0.2, 0) is 4.74 Å². The Balaban J connectivity index is 1.89.